The van der Waals surface area contributed by atoms with E-state index < -0.39 is 0 Å². The highest BCUT2D eigenvalue weighted by Crippen LogP contribution is 2.24. The minimum Gasteiger partial charge on any atom is -0.405 e. The van der Waals surface area contributed by atoms with Crippen LogP contribution in [0.25, 0.3) is 0 Å². The normalized spacial score (nSPS) is 20.9. The summed E-state index contributed by atoms with van der Waals surface area (Å²) in [5.41, 5.74) is 19.7. The summed E-state index contributed by atoms with van der Waals surface area (Å²) in [5.74, 6) is 0.0588. The molecule has 1 atom stereocenters. The first-order valence-corrected chi connectivity index (χ1v) is 5.56. The molecule has 0 fully saturated rings. The van der Waals surface area contributed by atoms with E-state index in [4.69, 9.17) is 22.6 Å². The third-order valence-electron chi connectivity index (χ3n) is 2.68. The van der Waals surface area contributed by atoms with Crippen molar-refractivity contribution in [1.82, 2.24) is 10.6 Å². The van der Waals surface area contributed by atoms with Crippen LogP contribution >= 0.6 is 0 Å². The minimum atomic E-state index is -0.0730. The quantitative estimate of drug-likeness (QED) is 0.224. The third kappa shape index (κ3) is 2.72. The Bertz CT molecular complexity index is 455. The van der Waals surface area contributed by atoms with Gasteiger partial charge in [-0.05, 0) is 43.5 Å². The summed E-state index contributed by atoms with van der Waals surface area (Å²) in [7, 11) is 1.80. The Morgan fingerprint density at radius 2 is 2.11 bits per heavy atom. The van der Waals surface area contributed by atoms with Crippen LogP contribution in [0.5, 0.6) is 0 Å². The van der Waals surface area contributed by atoms with Gasteiger partial charge in [0.25, 0.3) is 0 Å². The van der Waals surface area contributed by atoms with Crippen molar-refractivity contribution in [2.45, 2.75) is 13.1 Å². The number of rotatable bonds is 5. The Hall–Kier alpha value is -2.21. The molecule has 6 heteroatoms. The van der Waals surface area contributed by atoms with Crippen LogP contribution in [-0.2, 0) is 0 Å². The van der Waals surface area contributed by atoms with Crippen molar-refractivity contribution < 1.29 is 0 Å². The number of nitrogens with two attached hydrogens (primary N) is 3. The molecule has 1 aliphatic heterocycles. The van der Waals surface area contributed by atoms with E-state index in [1.807, 2.05) is 13.0 Å². The fourth-order valence-corrected chi connectivity index (χ4v) is 1.78. The van der Waals surface area contributed by atoms with Gasteiger partial charge in [-0.2, -0.15) is 0 Å². The zero-order valence-electron chi connectivity index (χ0n) is 10.6. The van der Waals surface area contributed by atoms with Crippen LogP contribution in [0.4, 0.5) is 0 Å². The lowest BCUT2D eigenvalue weighted by atomic mass is 9.95. The van der Waals surface area contributed by atoms with E-state index in [9.17, 15) is 0 Å². The molecule has 18 heavy (non-hydrogen) atoms. The van der Waals surface area contributed by atoms with Gasteiger partial charge in [0, 0.05) is 11.9 Å². The van der Waals surface area contributed by atoms with E-state index in [-0.39, 0.29) is 12.0 Å². The smallest absolute Gasteiger partial charge is 0.124 e. The van der Waals surface area contributed by atoms with Crippen LogP contribution < -0.4 is 27.8 Å². The molecule has 9 N–H and O–H groups in total. The van der Waals surface area contributed by atoms with Gasteiger partial charge in [-0.1, -0.05) is 0 Å². The van der Waals surface area contributed by atoms with Crippen molar-refractivity contribution in [2.24, 2.45) is 17.2 Å². The average molecular weight is 248 g/mol. The van der Waals surface area contributed by atoms with E-state index in [1.54, 1.807) is 13.1 Å². The first-order chi connectivity index (χ1) is 8.54. The summed E-state index contributed by atoms with van der Waals surface area (Å²) in [6.07, 6.45) is 6.39. The van der Waals surface area contributed by atoms with Crippen molar-refractivity contribution in [3.05, 3.63) is 47.0 Å². The number of allylic oxidation sites excluding steroid dienone is 4. The Labute approximate surface area is 107 Å². The molecule has 98 valence electrons. The van der Waals surface area contributed by atoms with E-state index in [1.165, 1.54) is 12.4 Å². The molecule has 6 nitrogen and oxygen atoms in total. The average Bonchev–Trinajstić information content (AvgIpc) is 2.26. The fourth-order valence-electron chi connectivity index (χ4n) is 1.78. The monoisotopic (exact) mass is 248 g/mol. The maximum atomic E-state index is 7.56. The zero-order valence-corrected chi connectivity index (χ0v) is 10.6. The molecule has 0 radical (unpaired) electrons. The topological polar surface area (TPSA) is 126 Å². The Morgan fingerprint density at radius 3 is 2.56 bits per heavy atom. The van der Waals surface area contributed by atoms with Crippen LogP contribution in [0.2, 0.25) is 0 Å². The molecule has 0 saturated carbocycles. The zero-order chi connectivity index (χ0) is 13.7. The number of hydrogen-bond acceptors (Lipinski definition) is 5. The summed E-state index contributed by atoms with van der Waals surface area (Å²) in [6, 6.07) is 0. The van der Waals surface area contributed by atoms with E-state index >= 15 is 0 Å². The first-order valence-electron chi connectivity index (χ1n) is 5.56. The number of amidine groups is 1. The van der Waals surface area contributed by atoms with Gasteiger partial charge in [-0.15, -0.1) is 0 Å². The molecule has 1 aliphatic rings. The predicted octanol–water partition coefficient (Wildman–Crippen LogP) is -0.414. The van der Waals surface area contributed by atoms with E-state index in [2.05, 4.69) is 10.6 Å². The lowest BCUT2D eigenvalue weighted by Crippen LogP contribution is -2.54. The summed E-state index contributed by atoms with van der Waals surface area (Å²) in [6.45, 7) is 1.92. The Morgan fingerprint density at radius 1 is 1.44 bits per heavy atom. The van der Waals surface area contributed by atoms with Gasteiger partial charge in [0.2, 0.25) is 0 Å². The molecule has 0 aromatic rings. The van der Waals surface area contributed by atoms with Crippen molar-refractivity contribution in [2.75, 3.05) is 7.05 Å². The molecule has 0 amide bonds. The molecule has 1 heterocycles. The van der Waals surface area contributed by atoms with Crippen LogP contribution in [0.3, 0.4) is 0 Å². The van der Waals surface area contributed by atoms with Gasteiger partial charge in [-0.3, -0.25) is 10.7 Å². The van der Waals surface area contributed by atoms with Gasteiger partial charge in [0.05, 0.1) is 5.57 Å². The van der Waals surface area contributed by atoms with Gasteiger partial charge in [-0.25, -0.2) is 0 Å². The van der Waals surface area contributed by atoms with Gasteiger partial charge in [0.1, 0.15) is 12.0 Å². The molecule has 0 aromatic heterocycles. The van der Waals surface area contributed by atoms with Crippen LogP contribution in [-0.4, -0.2) is 19.0 Å². The van der Waals surface area contributed by atoms with Crippen molar-refractivity contribution in [3.63, 3.8) is 0 Å². The number of nitrogens with one attached hydrogen (secondary N) is 3. The molecule has 0 aromatic carbocycles. The Balaban J connectivity index is 3.04. The van der Waals surface area contributed by atoms with E-state index in [0.717, 1.165) is 22.4 Å². The standard InChI is InChI=1S/C12H20N6/c1-7(5-8(6-14)3-4-13)10-9(11(15)16)12(17-2)18-10/h3-6,12,17-18H,13-14H2,1-2H3,(H3,15,16)/b4-3-,7-5+,8-6-. The summed E-state index contributed by atoms with van der Waals surface area (Å²) in [4.78, 5) is 0. The van der Waals surface area contributed by atoms with Crippen molar-refractivity contribution in [1.29, 1.82) is 5.41 Å². The number of likely N-dealkylation sites (N-methyl/N-ethyl adjacent to an activating group) is 1. The summed E-state index contributed by atoms with van der Waals surface area (Å²) >= 11 is 0. The highest BCUT2D eigenvalue weighted by atomic mass is 15.2. The second-order valence-electron chi connectivity index (χ2n) is 3.92. The summed E-state index contributed by atoms with van der Waals surface area (Å²) < 4.78 is 0. The molecule has 0 aliphatic carbocycles. The van der Waals surface area contributed by atoms with Gasteiger partial charge in [0.15, 0.2) is 0 Å². The highest BCUT2D eigenvalue weighted by molar-refractivity contribution is 5.98. The third-order valence-corrected chi connectivity index (χ3v) is 2.68. The number of hydrogen-bond donors (Lipinski definition) is 6. The maximum Gasteiger partial charge on any atom is 0.124 e. The highest BCUT2D eigenvalue weighted by Gasteiger charge is 2.30. The van der Waals surface area contributed by atoms with Gasteiger partial charge >= 0.3 is 0 Å². The largest absolute Gasteiger partial charge is 0.405 e. The molecule has 1 rings (SSSR count). The van der Waals surface area contributed by atoms with Gasteiger partial charge < -0.3 is 22.5 Å². The predicted molar refractivity (Wildman–Crippen MR) is 74.3 cm³/mol. The second-order valence-corrected chi connectivity index (χ2v) is 3.92. The first kappa shape index (κ1) is 13.9. The van der Waals surface area contributed by atoms with Crippen LogP contribution in [0, 0.1) is 5.41 Å². The molecular formula is C12H20N6. The lowest BCUT2D eigenvalue weighted by molar-refractivity contribution is 0.516. The SMILES string of the molecule is CNC1NC(/C(C)=C/C(/C=C\N)=C\N)=C1C(=N)N. The Kier molecular flexibility index (Phi) is 4.56. The van der Waals surface area contributed by atoms with E-state index in [0.29, 0.717) is 0 Å². The van der Waals surface area contributed by atoms with Crippen molar-refractivity contribution in [3.8, 4) is 0 Å². The van der Waals surface area contributed by atoms with Crippen LogP contribution in [0.15, 0.2) is 47.0 Å². The molecular weight excluding hydrogens is 228 g/mol. The van der Waals surface area contributed by atoms with Crippen molar-refractivity contribution >= 4 is 5.84 Å². The maximum absolute atomic E-state index is 7.56. The summed E-state index contributed by atoms with van der Waals surface area (Å²) in [5, 5.41) is 13.8. The molecule has 0 spiro atoms. The van der Waals surface area contributed by atoms with Crippen LogP contribution in [0.1, 0.15) is 6.92 Å². The fraction of sp³-hybridized carbons (Fsp3) is 0.250. The molecule has 1 unspecified atom stereocenters. The molecule has 0 saturated heterocycles. The minimum absolute atomic E-state index is 0.0588. The lowest BCUT2D eigenvalue weighted by Gasteiger charge is -2.35. The molecule has 0 bridgehead atoms. The second kappa shape index (κ2) is 5.92.